The average Bonchev–Trinajstić information content (AvgIpc) is 3.71. The molecule has 1 fully saturated rings. The van der Waals surface area contributed by atoms with Crippen LogP contribution in [-0.2, 0) is 13.1 Å². The number of ether oxygens (including phenoxy) is 1. The first-order valence-corrected chi connectivity index (χ1v) is 16.0. The molecule has 10 nitrogen and oxygen atoms in total. The number of aromatic amines is 1. The number of nitrogens with one attached hydrogen (secondary N) is 1. The van der Waals surface area contributed by atoms with E-state index in [0.29, 0.717) is 44.1 Å². The molecule has 47 heavy (non-hydrogen) atoms. The van der Waals surface area contributed by atoms with Crippen LogP contribution >= 0.6 is 11.3 Å². The fourth-order valence-corrected chi connectivity index (χ4v) is 6.69. The Bertz CT molecular complexity index is 2270. The fraction of sp³-hybridized carbons (Fsp3) is 0.229. The second kappa shape index (κ2) is 13.2. The SMILES string of the molecule is CC.COc1ccc(C(=O)Cn2c(=O)c3cc(C4CC4)sc3n(Cc3ccc(-c4ccccc4-c4noc(=O)[nH]4)cc3F)c2=O)cc1. The van der Waals surface area contributed by atoms with Gasteiger partial charge in [-0.25, -0.2) is 14.0 Å². The number of carbonyl (C=O) groups excluding carboxylic acids is 1. The van der Waals surface area contributed by atoms with E-state index in [1.54, 1.807) is 66.7 Å². The molecule has 3 heterocycles. The molecule has 6 aromatic rings. The van der Waals surface area contributed by atoms with Crippen molar-refractivity contribution in [3.63, 3.8) is 0 Å². The zero-order chi connectivity index (χ0) is 33.2. The highest BCUT2D eigenvalue weighted by Gasteiger charge is 2.28. The second-order valence-electron chi connectivity index (χ2n) is 10.8. The van der Waals surface area contributed by atoms with E-state index < -0.39 is 35.2 Å². The van der Waals surface area contributed by atoms with Gasteiger partial charge in [-0.2, -0.15) is 0 Å². The Morgan fingerprint density at radius 2 is 1.72 bits per heavy atom. The number of hydrogen-bond acceptors (Lipinski definition) is 8. The number of H-pyrrole nitrogens is 1. The number of aromatic nitrogens is 4. The largest absolute Gasteiger partial charge is 0.497 e. The van der Waals surface area contributed by atoms with E-state index in [-0.39, 0.29) is 17.9 Å². The van der Waals surface area contributed by atoms with Crippen molar-refractivity contribution in [2.45, 2.75) is 45.7 Å². The van der Waals surface area contributed by atoms with Crippen molar-refractivity contribution >= 4 is 27.3 Å². The van der Waals surface area contributed by atoms with E-state index in [4.69, 9.17) is 4.74 Å². The number of benzene rings is 3. The minimum absolute atomic E-state index is 0.151. The zero-order valence-electron chi connectivity index (χ0n) is 25.9. The summed E-state index contributed by atoms with van der Waals surface area (Å²) in [5.74, 6) is -0.572. The van der Waals surface area contributed by atoms with Crippen molar-refractivity contribution in [3.05, 3.63) is 126 Å². The van der Waals surface area contributed by atoms with Crippen LogP contribution in [0.2, 0.25) is 0 Å². The van der Waals surface area contributed by atoms with E-state index in [9.17, 15) is 19.2 Å². The number of methoxy groups -OCH3 is 1. The summed E-state index contributed by atoms with van der Waals surface area (Å²) in [7, 11) is 1.52. The molecule has 12 heteroatoms. The molecule has 1 aliphatic rings. The molecule has 1 saturated carbocycles. The predicted molar refractivity (Wildman–Crippen MR) is 178 cm³/mol. The third-order valence-electron chi connectivity index (χ3n) is 7.92. The minimum Gasteiger partial charge on any atom is -0.497 e. The van der Waals surface area contributed by atoms with Crippen molar-refractivity contribution in [2.24, 2.45) is 0 Å². The molecule has 1 N–H and O–H groups in total. The molecule has 0 aliphatic heterocycles. The van der Waals surface area contributed by atoms with E-state index in [1.165, 1.54) is 29.1 Å². The Labute approximate surface area is 271 Å². The summed E-state index contributed by atoms with van der Waals surface area (Å²) in [6.45, 7) is 3.39. The lowest BCUT2D eigenvalue weighted by Crippen LogP contribution is -2.41. The Morgan fingerprint density at radius 1 is 1.00 bits per heavy atom. The monoisotopic (exact) mass is 654 g/mol. The summed E-state index contributed by atoms with van der Waals surface area (Å²) < 4.78 is 27.9. The topological polar surface area (TPSA) is 129 Å². The highest BCUT2D eigenvalue weighted by atomic mass is 32.1. The molecule has 0 saturated heterocycles. The van der Waals surface area contributed by atoms with Crippen molar-refractivity contribution < 1.29 is 18.4 Å². The third kappa shape index (κ3) is 6.24. The number of carbonyl (C=O) groups is 1. The van der Waals surface area contributed by atoms with Gasteiger partial charge in [0, 0.05) is 21.6 Å². The lowest BCUT2D eigenvalue weighted by molar-refractivity contribution is 0.0969. The molecular weight excluding hydrogens is 623 g/mol. The van der Waals surface area contributed by atoms with Crippen LogP contribution in [0, 0.1) is 5.82 Å². The molecular formula is C35H31FN4O6S. The van der Waals surface area contributed by atoms with Crippen LogP contribution in [0.4, 0.5) is 4.39 Å². The highest BCUT2D eigenvalue weighted by molar-refractivity contribution is 7.18. The van der Waals surface area contributed by atoms with E-state index in [0.717, 1.165) is 22.3 Å². The van der Waals surface area contributed by atoms with E-state index >= 15 is 4.39 Å². The van der Waals surface area contributed by atoms with Gasteiger partial charge in [0.1, 0.15) is 16.4 Å². The van der Waals surface area contributed by atoms with Crippen molar-refractivity contribution in [2.75, 3.05) is 7.11 Å². The first-order valence-electron chi connectivity index (χ1n) is 15.2. The van der Waals surface area contributed by atoms with Crippen LogP contribution < -0.4 is 21.7 Å². The molecule has 0 atom stereocenters. The molecule has 0 unspecified atom stereocenters. The number of rotatable bonds is 9. The lowest BCUT2D eigenvalue weighted by atomic mass is 9.98. The molecule has 0 radical (unpaired) electrons. The fourth-order valence-electron chi connectivity index (χ4n) is 5.38. The number of ketones is 1. The van der Waals surface area contributed by atoms with Crippen LogP contribution in [-0.4, -0.2) is 32.2 Å². The van der Waals surface area contributed by atoms with E-state index in [2.05, 4.69) is 14.7 Å². The molecule has 1 aliphatic carbocycles. The maximum atomic E-state index is 15.8. The maximum absolute atomic E-state index is 15.8. The quantitative estimate of drug-likeness (QED) is 0.183. The molecule has 0 bridgehead atoms. The van der Waals surface area contributed by atoms with Gasteiger partial charge in [0.25, 0.3) is 5.56 Å². The second-order valence-corrected chi connectivity index (χ2v) is 11.9. The van der Waals surface area contributed by atoms with Crippen LogP contribution in [0.15, 0.2) is 91.7 Å². The average molecular weight is 655 g/mol. The Balaban J connectivity index is 0.00000190. The number of hydrogen-bond donors (Lipinski definition) is 1. The summed E-state index contributed by atoms with van der Waals surface area (Å²) >= 11 is 1.36. The number of thiophene rings is 1. The van der Waals surface area contributed by atoms with Crippen LogP contribution in [0.3, 0.4) is 0 Å². The summed E-state index contributed by atoms with van der Waals surface area (Å²) in [5, 5.41) is 4.09. The Hall–Kier alpha value is -5.36. The molecule has 0 amide bonds. The number of nitrogens with zero attached hydrogens (tertiary/aromatic N) is 3. The van der Waals surface area contributed by atoms with Gasteiger partial charge in [-0.1, -0.05) is 55.4 Å². The molecule has 0 spiro atoms. The van der Waals surface area contributed by atoms with Crippen LogP contribution in [0.25, 0.3) is 32.7 Å². The first-order chi connectivity index (χ1) is 22.8. The normalized spacial score (nSPS) is 12.5. The summed E-state index contributed by atoms with van der Waals surface area (Å²) in [6.07, 6.45) is 2.00. The van der Waals surface area contributed by atoms with Crippen LogP contribution in [0.1, 0.15) is 53.4 Å². The van der Waals surface area contributed by atoms with Gasteiger partial charge in [-0.15, -0.1) is 11.3 Å². The van der Waals surface area contributed by atoms with Crippen molar-refractivity contribution in [1.29, 1.82) is 0 Å². The third-order valence-corrected chi connectivity index (χ3v) is 9.24. The van der Waals surface area contributed by atoms with Gasteiger partial charge < -0.3 is 4.74 Å². The van der Waals surface area contributed by atoms with Gasteiger partial charge >= 0.3 is 11.4 Å². The van der Waals surface area contributed by atoms with Gasteiger partial charge in [-0.05, 0) is 66.3 Å². The van der Waals surface area contributed by atoms with Gasteiger partial charge in [0.05, 0.1) is 25.6 Å². The Morgan fingerprint density at radius 3 is 2.36 bits per heavy atom. The highest BCUT2D eigenvalue weighted by Crippen LogP contribution is 2.44. The van der Waals surface area contributed by atoms with Crippen molar-refractivity contribution in [1.82, 2.24) is 19.3 Å². The Kier molecular flexibility index (Phi) is 8.86. The molecule has 3 aromatic heterocycles. The smallest absolute Gasteiger partial charge is 0.439 e. The first kappa shape index (κ1) is 31.6. The lowest BCUT2D eigenvalue weighted by Gasteiger charge is -2.14. The molecule has 3 aromatic carbocycles. The standard InChI is InChI=1S/C33H25FN4O6S.C2H6/c1-43-22-12-10-18(11-13-22)27(39)17-37-30(40)25-15-28(19-6-7-19)45-31(25)38(33(37)42)16-21-9-8-20(14-26(21)34)23-4-2-3-5-24(23)29-35-32(41)44-36-29;1-2/h2-5,8-15,19H,6-7,16-17H2,1H3,(H,35,36,41);1-2H3. The maximum Gasteiger partial charge on any atom is 0.439 e. The minimum atomic E-state index is -0.705. The van der Waals surface area contributed by atoms with Gasteiger partial charge in [0.15, 0.2) is 11.6 Å². The summed E-state index contributed by atoms with van der Waals surface area (Å²) in [5.41, 5.74) is 1.00. The summed E-state index contributed by atoms with van der Waals surface area (Å²) in [4.78, 5) is 56.1. The van der Waals surface area contributed by atoms with E-state index in [1.807, 2.05) is 13.8 Å². The zero-order valence-corrected chi connectivity index (χ0v) is 26.7. The number of halogens is 1. The molecule has 240 valence electrons. The van der Waals surface area contributed by atoms with Crippen molar-refractivity contribution in [3.8, 4) is 28.3 Å². The number of Topliss-reactive ketones (excluding diaryl/α,β-unsaturated/α-hetero) is 1. The van der Waals surface area contributed by atoms with Gasteiger partial charge in [0.2, 0.25) is 0 Å². The number of fused-ring (bicyclic) bond motifs is 1. The summed E-state index contributed by atoms with van der Waals surface area (Å²) in [6, 6.07) is 19.9. The molecule has 7 rings (SSSR count). The van der Waals surface area contributed by atoms with Crippen LogP contribution in [0.5, 0.6) is 5.75 Å². The predicted octanol–water partition coefficient (Wildman–Crippen LogP) is 6.22. The van der Waals surface area contributed by atoms with Gasteiger partial charge in [-0.3, -0.25) is 28.2 Å².